The number of carboxylic acid groups (broad SMARTS) is 2. The molecule has 332 valence electrons. The first kappa shape index (κ1) is 57.8. The van der Waals surface area contributed by atoms with Crippen molar-refractivity contribution in [3.8, 4) is 0 Å². The minimum absolute atomic E-state index is 0. The summed E-state index contributed by atoms with van der Waals surface area (Å²) in [6, 6.07) is 20.4. The monoisotopic (exact) mass is 949 g/mol. The van der Waals surface area contributed by atoms with Gasteiger partial charge in [-0.25, -0.2) is 0 Å². The number of rotatable bonds is 38. The molecule has 0 aliphatic carbocycles. The van der Waals surface area contributed by atoms with Crippen LogP contribution in [0, 0.1) is 0 Å². The van der Waals surface area contributed by atoms with Gasteiger partial charge in [-0.05, 0) is 88.2 Å². The summed E-state index contributed by atoms with van der Waals surface area (Å²) in [5.41, 5.74) is 2.35. The summed E-state index contributed by atoms with van der Waals surface area (Å²) >= 11 is 0. The van der Waals surface area contributed by atoms with Crippen LogP contribution < -0.4 is 10.2 Å². The summed E-state index contributed by atoms with van der Waals surface area (Å²) in [4.78, 5) is 21.2. The van der Waals surface area contributed by atoms with E-state index in [0.717, 1.165) is 116 Å². The number of hydrogen-bond acceptors (Lipinski definition) is 8. The molecule has 9 heteroatoms. The van der Waals surface area contributed by atoms with Crippen LogP contribution in [-0.4, -0.2) is 95.4 Å². The summed E-state index contributed by atoms with van der Waals surface area (Å²) in [6.45, 7) is 5.54. The average molecular weight is 949 g/mol. The van der Waals surface area contributed by atoms with Crippen molar-refractivity contribution in [3.05, 3.63) is 71.8 Å². The second-order valence-electron chi connectivity index (χ2n) is 16.4. The van der Waals surface area contributed by atoms with Gasteiger partial charge in [-0.2, -0.15) is 0 Å². The van der Waals surface area contributed by atoms with Gasteiger partial charge in [0.1, 0.15) is 0 Å². The van der Waals surface area contributed by atoms with Gasteiger partial charge in [0, 0.05) is 11.9 Å². The molecule has 2 rings (SSSR count). The Morgan fingerprint density at radius 1 is 0.458 bits per heavy atom. The maximum atomic E-state index is 10.6. The molecular weight excluding hydrogens is 866 g/mol. The number of ether oxygens (including phenoxy) is 2. The van der Waals surface area contributed by atoms with E-state index in [1.165, 1.54) is 49.7 Å². The second kappa shape index (κ2) is 42.1. The molecule has 0 heterocycles. The van der Waals surface area contributed by atoms with E-state index in [2.05, 4.69) is 38.1 Å². The molecular formula is C50H82BaO8. The first-order chi connectivity index (χ1) is 28.2. The maximum absolute atomic E-state index is 10.6. The molecule has 8 nitrogen and oxygen atoms in total. The van der Waals surface area contributed by atoms with E-state index in [1.54, 1.807) is 0 Å². The van der Waals surface area contributed by atoms with Crippen LogP contribution in [0.3, 0.4) is 0 Å². The summed E-state index contributed by atoms with van der Waals surface area (Å²) < 4.78 is 12.3. The van der Waals surface area contributed by atoms with Gasteiger partial charge in [0.15, 0.2) is 0 Å². The number of aliphatic hydroxyl groups excluding tert-OH is 2. The Bertz CT molecular complexity index is 1110. The van der Waals surface area contributed by atoms with Crippen molar-refractivity contribution >= 4 is 60.8 Å². The van der Waals surface area contributed by atoms with Crippen LogP contribution in [0.1, 0.15) is 205 Å². The minimum atomic E-state index is -0.966. The van der Waals surface area contributed by atoms with Gasteiger partial charge in [-0.3, -0.25) is 0 Å². The molecule has 2 aromatic rings. The molecule has 0 aliphatic heterocycles. The van der Waals surface area contributed by atoms with Crippen LogP contribution in [0.25, 0.3) is 0 Å². The zero-order valence-electron chi connectivity index (χ0n) is 37.3. The molecule has 0 saturated carbocycles. The standard InChI is InChI=1S/2C25H42O4.Ba/c2*1-2-3-16-23(26)17-10-5-4-6-11-18-24(19-12-13-20-25(27)28)29-21-22-14-8-7-9-15-22;/h2*7-9,14-15,23-24,26H,2-6,10-13,16-21H2,1H3,(H,27,28);/q;;+2/p-2. The van der Waals surface area contributed by atoms with Crippen molar-refractivity contribution in [1.29, 1.82) is 0 Å². The molecule has 0 aliphatic rings. The SMILES string of the molecule is CCCCC(O)CCCCCCCC(CCCCC(=O)[O-])OCc1ccccc1.CCCCC(O)CCCCCCCC(CCCCC(=O)[O-])OCc1ccccc1.[Ba+2]. The van der Waals surface area contributed by atoms with Crippen molar-refractivity contribution in [2.45, 2.75) is 231 Å². The van der Waals surface area contributed by atoms with Crippen LogP contribution in [0.15, 0.2) is 60.7 Å². The Hall–Kier alpha value is -1.21. The van der Waals surface area contributed by atoms with Crippen molar-refractivity contribution < 1.29 is 39.5 Å². The van der Waals surface area contributed by atoms with Gasteiger partial charge >= 0.3 is 48.9 Å². The molecule has 59 heavy (non-hydrogen) atoms. The Balaban J connectivity index is 0.00000112. The molecule has 4 unspecified atom stereocenters. The first-order valence-electron chi connectivity index (χ1n) is 23.3. The van der Waals surface area contributed by atoms with E-state index in [0.29, 0.717) is 26.1 Å². The number of carboxylic acids is 2. The zero-order valence-corrected chi connectivity index (χ0v) is 41.8. The molecule has 0 fully saturated rings. The predicted octanol–water partition coefficient (Wildman–Crippen LogP) is 9.95. The largest absolute Gasteiger partial charge is 2.00 e. The van der Waals surface area contributed by atoms with E-state index in [9.17, 15) is 30.0 Å². The number of unbranched alkanes of at least 4 members (excludes halogenated alkanes) is 12. The zero-order chi connectivity index (χ0) is 42.3. The number of aliphatic hydroxyl groups is 2. The summed E-state index contributed by atoms with van der Waals surface area (Å²) in [5.74, 6) is -1.93. The van der Waals surface area contributed by atoms with Crippen LogP contribution in [0.2, 0.25) is 0 Å². The average Bonchev–Trinajstić information content (AvgIpc) is 3.22. The van der Waals surface area contributed by atoms with E-state index >= 15 is 0 Å². The number of carbonyl (C=O) groups is 2. The third kappa shape index (κ3) is 38.2. The van der Waals surface area contributed by atoms with Gasteiger partial charge < -0.3 is 39.5 Å². The van der Waals surface area contributed by atoms with E-state index in [4.69, 9.17) is 9.47 Å². The Morgan fingerprint density at radius 3 is 1.07 bits per heavy atom. The molecule has 0 spiro atoms. The fraction of sp³-hybridized carbons (Fsp3) is 0.720. The Labute approximate surface area is 400 Å². The van der Waals surface area contributed by atoms with Crippen LogP contribution in [0.4, 0.5) is 0 Å². The molecule has 2 aromatic carbocycles. The second-order valence-corrected chi connectivity index (χ2v) is 16.4. The van der Waals surface area contributed by atoms with E-state index in [1.807, 2.05) is 36.4 Å². The Kier molecular flexibility index (Phi) is 41.2. The predicted molar refractivity (Wildman–Crippen MR) is 238 cm³/mol. The number of carbonyl (C=O) groups excluding carboxylic acids is 2. The van der Waals surface area contributed by atoms with Crippen molar-refractivity contribution in [2.75, 3.05) is 0 Å². The fourth-order valence-electron chi connectivity index (χ4n) is 7.21. The van der Waals surface area contributed by atoms with Crippen molar-refractivity contribution in [3.63, 3.8) is 0 Å². The normalized spacial score (nSPS) is 13.1. The van der Waals surface area contributed by atoms with Crippen molar-refractivity contribution in [1.82, 2.24) is 0 Å². The number of aliphatic carboxylic acids is 2. The topological polar surface area (TPSA) is 139 Å². The molecule has 0 amide bonds. The van der Waals surface area contributed by atoms with Gasteiger partial charge in [0.25, 0.3) is 0 Å². The third-order valence-corrected chi connectivity index (χ3v) is 10.9. The molecule has 2 N–H and O–H groups in total. The van der Waals surface area contributed by atoms with Gasteiger partial charge in [0.05, 0.1) is 37.6 Å². The molecule has 4 atom stereocenters. The summed E-state index contributed by atoms with van der Waals surface area (Å²) in [6.07, 6.45) is 27.3. The van der Waals surface area contributed by atoms with Gasteiger partial charge in [-0.15, -0.1) is 0 Å². The molecule has 0 aromatic heterocycles. The van der Waals surface area contributed by atoms with Gasteiger partial charge in [-0.1, -0.05) is 177 Å². The van der Waals surface area contributed by atoms with Crippen LogP contribution >= 0.6 is 0 Å². The summed E-state index contributed by atoms with van der Waals surface area (Å²) in [5, 5.41) is 41.0. The van der Waals surface area contributed by atoms with E-state index < -0.39 is 11.9 Å². The van der Waals surface area contributed by atoms with Crippen molar-refractivity contribution in [2.24, 2.45) is 0 Å². The van der Waals surface area contributed by atoms with Crippen LogP contribution in [-0.2, 0) is 32.3 Å². The molecule has 0 bridgehead atoms. The fourth-order valence-corrected chi connectivity index (χ4v) is 7.21. The molecule has 0 radical (unpaired) electrons. The quantitative estimate of drug-likeness (QED) is 0.0501. The number of benzene rings is 2. The van der Waals surface area contributed by atoms with E-state index in [-0.39, 0.29) is 86.1 Å². The molecule has 0 saturated heterocycles. The summed E-state index contributed by atoms with van der Waals surface area (Å²) in [7, 11) is 0. The third-order valence-electron chi connectivity index (χ3n) is 10.9. The smallest absolute Gasteiger partial charge is 0.550 e. The van der Waals surface area contributed by atoms with Crippen LogP contribution in [0.5, 0.6) is 0 Å². The maximum Gasteiger partial charge on any atom is 2.00 e. The first-order valence-corrected chi connectivity index (χ1v) is 23.3. The Morgan fingerprint density at radius 2 is 0.746 bits per heavy atom. The number of hydrogen-bond donors (Lipinski definition) is 2. The van der Waals surface area contributed by atoms with Gasteiger partial charge in [0.2, 0.25) is 0 Å². The minimum Gasteiger partial charge on any atom is -0.550 e.